The Kier molecular flexibility index (Phi) is 9.21. The number of carboxylic acid groups (broad SMARTS) is 1. The van der Waals surface area contributed by atoms with Gasteiger partial charge in [0, 0.05) is 40.8 Å². The first-order chi connectivity index (χ1) is 22.1. The van der Waals surface area contributed by atoms with Gasteiger partial charge in [-0.05, 0) is 47.7 Å². The molecule has 6 nitrogen and oxygen atoms in total. The number of carbonyl (C=O) groups is 1. The Hall–Kier alpha value is -5.36. The average molecular weight is 596 g/mol. The zero-order valence-electron chi connectivity index (χ0n) is 25.4. The SMILES string of the molecule is CC/C=C(/c1ccccc1)N(CCC(c1ccccc1)c1ccccc1)Cc1coc(-c2cccc3c2ccn3CC(=O)O)n1. The van der Waals surface area contributed by atoms with Crippen molar-refractivity contribution in [2.75, 3.05) is 6.54 Å². The number of nitrogens with zero attached hydrogens (tertiary/aromatic N) is 3. The quantitative estimate of drug-likeness (QED) is 0.144. The van der Waals surface area contributed by atoms with Crippen LogP contribution in [0.4, 0.5) is 0 Å². The fourth-order valence-corrected chi connectivity index (χ4v) is 6.09. The maximum Gasteiger partial charge on any atom is 0.323 e. The van der Waals surface area contributed by atoms with Crippen molar-refractivity contribution in [3.05, 3.63) is 156 Å². The van der Waals surface area contributed by atoms with Gasteiger partial charge < -0.3 is 19.0 Å². The highest BCUT2D eigenvalue weighted by molar-refractivity contribution is 5.94. The van der Waals surface area contributed by atoms with Gasteiger partial charge in [-0.3, -0.25) is 4.79 Å². The molecule has 0 fully saturated rings. The standard InChI is InChI=1S/C39H37N3O3/c1-2-13-36(31-18-10-5-11-19-31)41(24-22-33(29-14-6-3-7-15-29)30-16-8-4-9-17-30)26-32-28-45-39(40-32)35-20-12-21-37-34(35)23-25-42(37)27-38(43)44/h3-21,23,25,28,33H,2,22,24,26-27H2,1H3,(H,43,44)/b36-13-. The van der Waals surface area contributed by atoms with Gasteiger partial charge in [-0.25, -0.2) is 4.98 Å². The van der Waals surface area contributed by atoms with Gasteiger partial charge in [-0.15, -0.1) is 0 Å². The molecule has 0 bridgehead atoms. The molecule has 0 spiro atoms. The molecule has 0 radical (unpaired) electrons. The number of aliphatic carboxylic acids is 1. The molecule has 0 saturated carbocycles. The highest BCUT2D eigenvalue weighted by Crippen LogP contribution is 2.32. The van der Waals surface area contributed by atoms with Gasteiger partial charge in [0.1, 0.15) is 12.8 Å². The molecular weight excluding hydrogens is 558 g/mol. The van der Waals surface area contributed by atoms with E-state index < -0.39 is 5.97 Å². The number of rotatable bonds is 13. The van der Waals surface area contributed by atoms with Crippen LogP contribution in [0.1, 0.15) is 48.1 Å². The van der Waals surface area contributed by atoms with Gasteiger partial charge in [-0.2, -0.15) is 0 Å². The fourth-order valence-electron chi connectivity index (χ4n) is 6.09. The Morgan fingerprint density at radius 3 is 2.20 bits per heavy atom. The molecule has 45 heavy (non-hydrogen) atoms. The fraction of sp³-hybridized carbons (Fsp3) is 0.179. The summed E-state index contributed by atoms with van der Waals surface area (Å²) in [5.74, 6) is -0.114. The summed E-state index contributed by atoms with van der Waals surface area (Å²) in [7, 11) is 0. The van der Waals surface area contributed by atoms with Gasteiger partial charge in [0.15, 0.2) is 0 Å². The number of hydrogen-bond donors (Lipinski definition) is 1. The smallest absolute Gasteiger partial charge is 0.323 e. The van der Waals surface area contributed by atoms with Gasteiger partial charge >= 0.3 is 5.97 Å². The number of benzene rings is 4. The first-order valence-corrected chi connectivity index (χ1v) is 15.5. The molecule has 0 saturated heterocycles. The molecule has 0 amide bonds. The lowest BCUT2D eigenvalue weighted by atomic mass is 9.88. The van der Waals surface area contributed by atoms with E-state index in [1.165, 1.54) is 22.4 Å². The minimum Gasteiger partial charge on any atom is -0.480 e. The minimum absolute atomic E-state index is 0.0995. The number of allylic oxidation sites excluding steroid dienone is 1. The predicted octanol–water partition coefficient (Wildman–Crippen LogP) is 8.86. The molecule has 226 valence electrons. The molecule has 6 aromatic rings. The summed E-state index contributed by atoms with van der Waals surface area (Å²) in [5, 5.41) is 10.2. The summed E-state index contributed by atoms with van der Waals surface area (Å²) in [4.78, 5) is 18.7. The second kappa shape index (κ2) is 14.0. The molecule has 1 N–H and O–H groups in total. The summed E-state index contributed by atoms with van der Waals surface area (Å²) >= 11 is 0. The van der Waals surface area contributed by atoms with Gasteiger partial charge in [-0.1, -0.05) is 110 Å². The third-order valence-electron chi connectivity index (χ3n) is 8.15. The lowest BCUT2D eigenvalue weighted by Crippen LogP contribution is -2.25. The van der Waals surface area contributed by atoms with Crippen LogP contribution in [0.3, 0.4) is 0 Å². The molecule has 0 atom stereocenters. The van der Waals surface area contributed by atoms with E-state index in [4.69, 9.17) is 9.40 Å². The molecule has 0 aliphatic carbocycles. The van der Waals surface area contributed by atoms with Crippen LogP contribution in [0.15, 0.2) is 138 Å². The van der Waals surface area contributed by atoms with Crippen LogP contribution in [-0.2, 0) is 17.9 Å². The Labute approximate surface area is 263 Å². The van der Waals surface area contributed by atoms with Crippen molar-refractivity contribution in [3.63, 3.8) is 0 Å². The van der Waals surface area contributed by atoms with Crippen LogP contribution in [0.2, 0.25) is 0 Å². The van der Waals surface area contributed by atoms with Crippen LogP contribution >= 0.6 is 0 Å². The topological polar surface area (TPSA) is 71.5 Å². The molecule has 0 aliphatic rings. The molecule has 2 aromatic heterocycles. The highest BCUT2D eigenvalue weighted by Gasteiger charge is 2.20. The average Bonchev–Trinajstić information content (AvgIpc) is 3.71. The van der Waals surface area contributed by atoms with E-state index in [0.717, 1.165) is 41.5 Å². The molecule has 0 unspecified atom stereocenters. The van der Waals surface area contributed by atoms with Crippen molar-refractivity contribution < 1.29 is 14.3 Å². The third-order valence-corrected chi connectivity index (χ3v) is 8.15. The zero-order valence-corrected chi connectivity index (χ0v) is 25.4. The number of aromatic nitrogens is 2. The zero-order chi connectivity index (χ0) is 31.0. The lowest BCUT2D eigenvalue weighted by Gasteiger charge is -2.29. The molecule has 2 heterocycles. The van der Waals surface area contributed by atoms with Crippen LogP contribution < -0.4 is 0 Å². The minimum atomic E-state index is -0.882. The second-order valence-electron chi connectivity index (χ2n) is 11.2. The van der Waals surface area contributed by atoms with Crippen molar-refractivity contribution in [2.45, 2.75) is 38.8 Å². The summed E-state index contributed by atoms with van der Waals surface area (Å²) in [5.41, 5.74) is 7.46. The highest BCUT2D eigenvalue weighted by atomic mass is 16.4. The van der Waals surface area contributed by atoms with Gasteiger partial charge in [0.2, 0.25) is 5.89 Å². The van der Waals surface area contributed by atoms with Crippen molar-refractivity contribution in [2.24, 2.45) is 0 Å². The summed E-state index contributed by atoms with van der Waals surface area (Å²) in [6.45, 7) is 3.46. The second-order valence-corrected chi connectivity index (χ2v) is 11.2. The summed E-state index contributed by atoms with van der Waals surface area (Å²) < 4.78 is 7.80. The Morgan fingerprint density at radius 1 is 0.889 bits per heavy atom. The molecule has 6 rings (SSSR count). The molecule has 0 aliphatic heterocycles. The number of carboxylic acids is 1. The van der Waals surface area contributed by atoms with Crippen LogP contribution in [-0.4, -0.2) is 32.1 Å². The molecular formula is C39H37N3O3. The number of fused-ring (bicyclic) bond motifs is 1. The largest absolute Gasteiger partial charge is 0.480 e. The van der Waals surface area contributed by atoms with Crippen molar-refractivity contribution in [3.8, 4) is 11.5 Å². The lowest BCUT2D eigenvalue weighted by molar-refractivity contribution is -0.137. The molecule has 4 aromatic carbocycles. The Balaban J connectivity index is 1.32. The monoisotopic (exact) mass is 595 g/mol. The summed E-state index contributed by atoms with van der Waals surface area (Å²) in [6.07, 6.45) is 7.66. The van der Waals surface area contributed by atoms with Gasteiger partial charge in [0.25, 0.3) is 0 Å². The van der Waals surface area contributed by atoms with E-state index in [1.54, 1.807) is 17.0 Å². The normalized spacial score (nSPS) is 11.7. The van der Waals surface area contributed by atoms with Crippen LogP contribution in [0, 0.1) is 0 Å². The number of hydrogen-bond acceptors (Lipinski definition) is 4. The van der Waals surface area contributed by atoms with E-state index >= 15 is 0 Å². The Morgan fingerprint density at radius 2 is 1.56 bits per heavy atom. The Bertz CT molecular complexity index is 1840. The summed E-state index contributed by atoms with van der Waals surface area (Å²) in [6, 6.07) is 39.7. The van der Waals surface area contributed by atoms with E-state index in [1.807, 2.05) is 30.3 Å². The maximum absolute atomic E-state index is 11.4. The van der Waals surface area contributed by atoms with Crippen molar-refractivity contribution in [1.82, 2.24) is 14.5 Å². The first-order valence-electron chi connectivity index (χ1n) is 15.5. The van der Waals surface area contributed by atoms with Gasteiger partial charge in [0.05, 0.1) is 12.2 Å². The predicted molar refractivity (Wildman–Crippen MR) is 180 cm³/mol. The van der Waals surface area contributed by atoms with Crippen LogP contribution in [0.5, 0.6) is 0 Å². The number of oxazole rings is 1. The van der Waals surface area contributed by atoms with E-state index in [9.17, 15) is 9.90 Å². The first kappa shape index (κ1) is 29.7. The van der Waals surface area contributed by atoms with E-state index in [2.05, 4.69) is 103 Å². The van der Waals surface area contributed by atoms with E-state index in [0.29, 0.717) is 12.4 Å². The van der Waals surface area contributed by atoms with E-state index in [-0.39, 0.29) is 12.5 Å². The van der Waals surface area contributed by atoms with Crippen LogP contribution in [0.25, 0.3) is 28.1 Å². The van der Waals surface area contributed by atoms with Crippen molar-refractivity contribution in [1.29, 1.82) is 0 Å². The maximum atomic E-state index is 11.4. The third kappa shape index (κ3) is 6.91. The molecule has 6 heteroatoms. The van der Waals surface area contributed by atoms with Crippen molar-refractivity contribution >= 4 is 22.6 Å².